The molecule has 0 bridgehead atoms. The minimum Gasteiger partial charge on any atom is -0.497 e. The first-order valence-electron chi connectivity index (χ1n) is 11.2. The highest BCUT2D eigenvalue weighted by Gasteiger charge is 2.21. The van der Waals surface area contributed by atoms with Crippen LogP contribution in [0, 0.1) is 6.92 Å². The topological polar surface area (TPSA) is 78.8 Å². The molecule has 0 spiro atoms. The van der Waals surface area contributed by atoms with Gasteiger partial charge in [0.1, 0.15) is 17.0 Å². The molecule has 0 saturated heterocycles. The van der Waals surface area contributed by atoms with E-state index in [2.05, 4.69) is 5.32 Å². The summed E-state index contributed by atoms with van der Waals surface area (Å²) in [4.78, 5) is 22.7. The lowest BCUT2D eigenvalue weighted by Gasteiger charge is -2.20. The zero-order valence-corrected chi connectivity index (χ0v) is 23.4. The predicted octanol–water partition coefficient (Wildman–Crippen LogP) is 7.59. The molecular weight excluding hydrogens is 444 g/mol. The van der Waals surface area contributed by atoms with Crippen LogP contribution in [-0.4, -0.2) is 42.1 Å². The van der Waals surface area contributed by atoms with E-state index in [1.54, 1.807) is 19.4 Å². The van der Waals surface area contributed by atoms with E-state index in [0.717, 1.165) is 10.9 Å². The van der Waals surface area contributed by atoms with Crippen molar-refractivity contribution >= 4 is 34.7 Å². The normalized spacial score (nSPS) is 10.4. The van der Waals surface area contributed by atoms with Crippen LogP contribution < -0.4 is 10.1 Å². The fraction of sp³-hybridized carbons (Fsp3) is 0.600. The summed E-state index contributed by atoms with van der Waals surface area (Å²) in [5, 5.41) is 3.69. The van der Waals surface area contributed by atoms with Crippen molar-refractivity contribution in [3.05, 3.63) is 28.9 Å². The van der Waals surface area contributed by atoms with Gasteiger partial charge in [0.25, 0.3) is 0 Å². The maximum Gasteiger partial charge on any atom is 0.419 e. The van der Waals surface area contributed by atoms with E-state index in [4.69, 9.17) is 25.8 Å². The number of benzene rings is 1. The number of halogens is 1. The second-order valence-electron chi connectivity index (χ2n) is 8.42. The number of carbonyl (C=O) groups is 2. The van der Waals surface area contributed by atoms with E-state index in [0.29, 0.717) is 16.3 Å². The molecule has 1 amide bonds. The van der Waals surface area contributed by atoms with E-state index in [1.807, 2.05) is 82.2 Å². The zero-order valence-electron chi connectivity index (χ0n) is 22.6. The van der Waals surface area contributed by atoms with Crippen LogP contribution in [-0.2, 0) is 9.47 Å². The number of alkyl carbamates (subject to hydrolysis) is 1. The van der Waals surface area contributed by atoms with Crippen molar-refractivity contribution in [2.75, 3.05) is 14.2 Å². The van der Waals surface area contributed by atoms with Crippen LogP contribution in [0.3, 0.4) is 0 Å². The monoisotopic (exact) mass is 486 g/mol. The van der Waals surface area contributed by atoms with Gasteiger partial charge in [-0.15, -0.1) is 0 Å². The average molecular weight is 487 g/mol. The number of carbonyl (C=O) groups excluding carboxylic acids is 2. The Hall–Kier alpha value is -2.41. The van der Waals surface area contributed by atoms with Gasteiger partial charge >= 0.3 is 12.2 Å². The van der Waals surface area contributed by atoms with Gasteiger partial charge in [-0.1, -0.05) is 39.3 Å². The third kappa shape index (κ3) is 11.9. The fourth-order valence-electron chi connectivity index (χ4n) is 2.35. The molecule has 0 unspecified atom stereocenters. The summed E-state index contributed by atoms with van der Waals surface area (Å²) in [6, 6.07) is 3.54. The molecule has 1 N–H and O–H groups in total. The van der Waals surface area contributed by atoms with Gasteiger partial charge in [-0.3, -0.25) is 4.57 Å². The average Bonchev–Trinajstić information content (AvgIpc) is 3.06. The smallest absolute Gasteiger partial charge is 0.419 e. The first-order valence-corrected chi connectivity index (χ1v) is 11.6. The summed E-state index contributed by atoms with van der Waals surface area (Å²) >= 11 is 6.27. The highest BCUT2D eigenvalue weighted by atomic mass is 35.5. The number of methoxy groups -OCH3 is 1. The minimum atomic E-state index is -0.555. The van der Waals surface area contributed by atoms with Gasteiger partial charge in [0.15, 0.2) is 0 Å². The van der Waals surface area contributed by atoms with Crippen LogP contribution in [0.25, 0.3) is 10.9 Å². The SMILES string of the molecule is CC.CC.CNC(=O)OC(C)(C)C.COc1cc(Cl)c2c(c1)c(C)cn2C(=O)OC(C)(C)C. The summed E-state index contributed by atoms with van der Waals surface area (Å²) < 4.78 is 16.9. The Kier molecular flexibility index (Phi) is 14.6. The largest absolute Gasteiger partial charge is 0.497 e. The quantitative estimate of drug-likeness (QED) is 0.449. The number of rotatable bonds is 1. The zero-order chi connectivity index (χ0) is 26.6. The summed E-state index contributed by atoms with van der Waals surface area (Å²) in [6.07, 6.45) is 0.898. The van der Waals surface area contributed by atoms with Crippen LogP contribution >= 0.6 is 11.6 Å². The number of ether oxygens (including phenoxy) is 3. The standard InChI is InChI=1S/C15H18ClNO3.C6H13NO2.2C2H6/c1-9-8-17(14(18)20-15(2,3)4)13-11(9)6-10(19-5)7-12(13)16;1-6(2,3)9-5(8)7-4;2*1-2/h6-8H,1-5H3;1-4H3,(H,7,8);2*1-2H3. The van der Waals surface area contributed by atoms with E-state index >= 15 is 0 Å². The molecule has 0 aliphatic carbocycles. The second-order valence-corrected chi connectivity index (χ2v) is 8.83. The van der Waals surface area contributed by atoms with Crippen LogP contribution in [0.2, 0.25) is 5.02 Å². The van der Waals surface area contributed by atoms with Crippen molar-refractivity contribution in [1.82, 2.24) is 9.88 Å². The van der Waals surface area contributed by atoms with Crippen molar-refractivity contribution in [3.8, 4) is 5.75 Å². The maximum atomic E-state index is 12.2. The Morgan fingerprint density at radius 1 is 0.939 bits per heavy atom. The Labute approximate surface area is 204 Å². The Morgan fingerprint density at radius 3 is 1.79 bits per heavy atom. The molecule has 0 radical (unpaired) electrons. The van der Waals surface area contributed by atoms with Gasteiger partial charge in [0.05, 0.1) is 17.6 Å². The summed E-state index contributed by atoms with van der Waals surface area (Å²) in [5.41, 5.74) is 0.631. The number of fused-ring (bicyclic) bond motifs is 1. The number of amides is 1. The molecule has 33 heavy (non-hydrogen) atoms. The molecule has 2 rings (SSSR count). The Morgan fingerprint density at radius 2 is 1.42 bits per heavy atom. The third-order valence-electron chi connectivity index (χ3n) is 3.45. The summed E-state index contributed by atoms with van der Waals surface area (Å²) in [5.74, 6) is 0.660. The van der Waals surface area contributed by atoms with Crippen molar-refractivity contribution < 1.29 is 23.8 Å². The van der Waals surface area contributed by atoms with Crippen molar-refractivity contribution in [1.29, 1.82) is 0 Å². The molecule has 1 aromatic heterocycles. The van der Waals surface area contributed by atoms with Gasteiger partial charge < -0.3 is 19.5 Å². The molecule has 0 aliphatic heterocycles. The lowest BCUT2D eigenvalue weighted by molar-refractivity contribution is 0.0531. The Bertz CT molecular complexity index is 878. The van der Waals surface area contributed by atoms with E-state index < -0.39 is 11.7 Å². The van der Waals surface area contributed by atoms with E-state index in [-0.39, 0.29) is 11.7 Å². The number of hydrogen-bond donors (Lipinski definition) is 1. The van der Waals surface area contributed by atoms with Crippen LogP contribution in [0.15, 0.2) is 18.3 Å². The maximum absolute atomic E-state index is 12.2. The summed E-state index contributed by atoms with van der Waals surface area (Å²) in [6.45, 7) is 20.9. The molecular formula is C25H43ClN2O5. The molecule has 0 saturated carbocycles. The molecule has 1 aromatic carbocycles. The molecule has 2 aromatic rings. The van der Waals surface area contributed by atoms with Gasteiger partial charge in [0.2, 0.25) is 0 Å². The first-order chi connectivity index (χ1) is 15.2. The number of hydrogen-bond acceptors (Lipinski definition) is 5. The first kappa shape index (κ1) is 32.8. The molecule has 1 heterocycles. The van der Waals surface area contributed by atoms with Gasteiger partial charge in [-0.2, -0.15) is 0 Å². The number of nitrogens with zero attached hydrogens (tertiary/aromatic N) is 1. The van der Waals surface area contributed by atoms with Gasteiger partial charge in [-0.25, -0.2) is 9.59 Å². The van der Waals surface area contributed by atoms with Gasteiger partial charge in [0, 0.05) is 24.7 Å². The molecule has 0 aliphatic rings. The van der Waals surface area contributed by atoms with Crippen LogP contribution in [0.5, 0.6) is 5.75 Å². The lowest BCUT2D eigenvalue weighted by atomic mass is 10.2. The molecule has 0 atom stereocenters. The van der Waals surface area contributed by atoms with Crippen LogP contribution in [0.4, 0.5) is 9.59 Å². The Balaban J connectivity index is 0. The van der Waals surface area contributed by atoms with Crippen molar-refractivity contribution in [3.63, 3.8) is 0 Å². The number of aromatic nitrogens is 1. The molecule has 0 fully saturated rings. The molecule has 190 valence electrons. The lowest BCUT2D eigenvalue weighted by Crippen LogP contribution is -2.30. The highest BCUT2D eigenvalue weighted by Crippen LogP contribution is 2.32. The predicted molar refractivity (Wildman–Crippen MR) is 138 cm³/mol. The van der Waals surface area contributed by atoms with Gasteiger partial charge in [-0.05, 0) is 60.1 Å². The fourth-order valence-corrected chi connectivity index (χ4v) is 2.65. The minimum absolute atomic E-state index is 0.387. The van der Waals surface area contributed by atoms with E-state index in [1.165, 1.54) is 11.6 Å². The molecule has 8 heteroatoms. The summed E-state index contributed by atoms with van der Waals surface area (Å²) in [7, 11) is 3.12. The third-order valence-corrected chi connectivity index (χ3v) is 3.74. The number of nitrogens with one attached hydrogen (secondary N) is 1. The number of aryl methyl sites for hydroxylation is 1. The highest BCUT2D eigenvalue weighted by molar-refractivity contribution is 6.35. The molecule has 7 nitrogen and oxygen atoms in total. The van der Waals surface area contributed by atoms with Crippen molar-refractivity contribution in [2.45, 2.75) is 87.4 Å². The van der Waals surface area contributed by atoms with Crippen LogP contribution in [0.1, 0.15) is 74.8 Å². The van der Waals surface area contributed by atoms with E-state index in [9.17, 15) is 9.59 Å². The van der Waals surface area contributed by atoms with Crippen molar-refractivity contribution in [2.24, 2.45) is 0 Å². The second kappa shape index (κ2) is 14.7.